The average molecular weight is 268 g/mol. The number of methoxy groups -OCH3 is 1. The highest BCUT2D eigenvalue weighted by Gasteiger charge is 1.99. The van der Waals surface area contributed by atoms with Crippen molar-refractivity contribution in [3.05, 3.63) is 51.2 Å². The molecule has 0 fully saturated rings. The van der Waals surface area contributed by atoms with Gasteiger partial charge in [-0.1, -0.05) is 23.7 Å². The summed E-state index contributed by atoms with van der Waals surface area (Å²) in [5, 5.41) is 3.37. The lowest BCUT2D eigenvalue weighted by atomic mass is 10.2. The molecule has 4 heteroatoms. The van der Waals surface area contributed by atoms with E-state index in [0.717, 1.165) is 16.6 Å². The van der Waals surface area contributed by atoms with Gasteiger partial charge in [-0.25, -0.2) is 0 Å². The van der Waals surface area contributed by atoms with E-state index in [1.807, 2.05) is 24.3 Å². The Kier molecular flexibility index (Phi) is 4.42. The molecule has 1 heterocycles. The minimum atomic E-state index is 0.639. The molecule has 0 amide bonds. The Morgan fingerprint density at radius 2 is 2.18 bits per heavy atom. The first-order valence-electron chi connectivity index (χ1n) is 5.34. The normalized spacial score (nSPS) is 10.5. The molecule has 1 aromatic heterocycles. The van der Waals surface area contributed by atoms with Crippen LogP contribution < -0.4 is 5.32 Å². The van der Waals surface area contributed by atoms with E-state index >= 15 is 0 Å². The van der Waals surface area contributed by atoms with E-state index in [2.05, 4.69) is 17.4 Å². The number of rotatable bonds is 5. The second kappa shape index (κ2) is 6.05. The number of halogens is 1. The van der Waals surface area contributed by atoms with Crippen molar-refractivity contribution in [3.63, 3.8) is 0 Å². The fourth-order valence-electron chi connectivity index (χ4n) is 1.57. The summed E-state index contributed by atoms with van der Waals surface area (Å²) in [7, 11) is 1.70. The van der Waals surface area contributed by atoms with Crippen LogP contribution in [0.3, 0.4) is 0 Å². The third-order valence-corrected chi connectivity index (χ3v) is 3.56. The van der Waals surface area contributed by atoms with E-state index in [0.29, 0.717) is 6.61 Å². The van der Waals surface area contributed by atoms with Crippen LogP contribution in [0.4, 0.5) is 5.69 Å². The van der Waals surface area contributed by atoms with Crippen LogP contribution in [0.2, 0.25) is 4.34 Å². The van der Waals surface area contributed by atoms with Crippen LogP contribution in [0, 0.1) is 0 Å². The van der Waals surface area contributed by atoms with E-state index in [4.69, 9.17) is 16.3 Å². The van der Waals surface area contributed by atoms with E-state index in [-0.39, 0.29) is 0 Å². The molecule has 2 aromatic rings. The molecule has 0 radical (unpaired) electrons. The molecule has 0 bridgehead atoms. The highest BCUT2D eigenvalue weighted by Crippen LogP contribution is 2.22. The van der Waals surface area contributed by atoms with Gasteiger partial charge in [0.2, 0.25) is 0 Å². The van der Waals surface area contributed by atoms with Crippen molar-refractivity contribution < 1.29 is 4.74 Å². The van der Waals surface area contributed by atoms with Gasteiger partial charge in [-0.05, 0) is 29.8 Å². The van der Waals surface area contributed by atoms with E-state index in [9.17, 15) is 0 Å². The fourth-order valence-corrected chi connectivity index (χ4v) is 2.60. The van der Waals surface area contributed by atoms with Gasteiger partial charge in [0, 0.05) is 24.2 Å². The standard InChI is InChI=1S/C13H14ClNOS/c1-16-9-10-3-2-4-11(7-10)15-8-12-5-6-13(14)17-12/h2-7,15H,8-9H2,1H3. The van der Waals surface area contributed by atoms with Crippen LogP contribution in [0.15, 0.2) is 36.4 Å². The maximum Gasteiger partial charge on any atom is 0.0931 e. The Bertz CT molecular complexity index is 484. The lowest BCUT2D eigenvalue weighted by molar-refractivity contribution is 0.185. The minimum Gasteiger partial charge on any atom is -0.380 e. The van der Waals surface area contributed by atoms with Crippen LogP contribution in [0.5, 0.6) is 0 Å². The van der Waals surface area contributed by atoms with E-state index in [1.54, 1.807) is 18.4 Å². The van der Waals surface area contributed by atoms with Gasteiger partial charge in [0.1, 0.15) is 0 Å². The Morgan fingerprint density at radius 3 is 2.88 bits per heavy atom. The number of benzene rings is 1. The molecule has 2 rings (SSSR count). The number of thiophene rings is 1. The van der Waals surface area contributed by atoms with Gasteiger partial charge >= 0.3 is 0 Å². The second-order valence-electron chi connectivity index (χ2n) is 3.69. The lowest BCUT2D eigenvalue weighted by Gasteiger charge is -2.06. The zero-order valence-corrected chi connectivity index (χ0v) is 11.1. The summed E-state index contributed by atoms with van der Waals surface area (Å²) in [6, 6.07) is 12.2. The molecule has 0 saturated heterocycles. The Morgan fingerprint density at radius 1 is 1.29 bits per heavy atom. The first kappa shape index (κ1) is 12.4. The summed E-state index contributed by atoms with van der Waals surface area (Å²) in [6.07, 6.45) is 0. The van der Waals surface area contributed by atoms with Gasteiger partial charge in [0.25, 0.3) is 0 Å². The van der Waals surface area contributed by atoms with Crippen LogP contribution in [-0.4, -0.2) is 7.11 Å². The smallest absolute Gasteiger partial charge is 0.0931 e. The van der Waals surface area contributed by atoms with Gasteiger partial charge in [-0.2, -0.15) is 0 Å². The first-order valence-corrected chi connectivity index (χ1v) is 6.53. The molecule has 0 aliphatic rings. The lowest BCUT2D eigenvalue weighted by Crippen LogP contribution is -1.98. The number of ether oxygens (including phenoxy) is 1. The van der Waals surface area contributed by atoms with Gasteiger partial charge in [-0.3, -0.25) is 0 Å². The van der Waals surface area contributed by atoms with Crippen molar-refractivity contribution in [2.24, 2.45) is 0 Å². The van der Waals surface area contributed by atoms with E-state index in [1.165, 1.54) is 10.4 Å². The molecule has 90 valence electrons. The molecule has 1 N–H and O–H groups in total. The van der Waals surface area contributed by atoms with Crippen molar-refractivity contribution in [2.75, 3.05) is 12.4 Å². The van der Waals surface area contributed by atoms with Crippen LogP contribution in [0.1, 0.15) is 10.4 Å². The second-order valence-corrected chi connectivity index (χ2v) is 5.49. The number of anilines is 1. The highest BCUT2D eigenvalue weighted by molar-refractivity contribution is 7.16. The predicted molar refractivity (Wildman–Crippen MR) is 73.8 cm³/mol. The van der Waals surface area contributed by atoms with Crippen molar-refractivity contribution in [1.82, 2.24) is 0 Å². The third kappa shape index (κ3) is 3.73. The Balaban J connectivity index is 1.96. The zero-order valence-electron chi connectivity index (χ0n) is 9.57. The SMILES string of the molecule is COCc1cccc(NCc2ccc(Cl)s2)c1. The molecule has 2 nitrogen and oxygen atoms in total. The quantitative estimate of drug-likeness (QED) is 0.878. The van der Waals surface area contributed by atoms with Crippen LogP contribution >= 0.6 is 22.9 Å². The number of hydrogen-bond acceptors (Lipinski definition) is 3. The molecule has 0 atom stereocenters. The Hall–Kier alpha value is -1.03. The van der Waals surface area contributed by atoms with E-state index < -0.39 is 0 Å². The monoisotopic (exact) mass is 267 g/mol. The highest BCUT2D eigenvalue weighted by atomic mass is 35.5. The van der Waals surface area contributed by atoms with Crippen molar-refractivity contribution >= 4 is 28.6 Å². The molecular weight excluding hydrogens is 254 g/mol. The predicted octanol–water partition coefficient (Wildman–Crippen LogP) is 4.16. The topological polar surface area (TPSA) is 21.3 Å². The maximum atomic E-state index is 5.88. The maximum absolute atomic E-state index is 5.88. The van der Waals surface area contributed by atoms with Crippen molar-refractivity contribution in [2.45, 2.75) is 13.2 Å². The summed E-state index contributed by atoms with van der Waals surface area (Å²) in [6.45, 7) is 1.44. The summed E-state index contributed by atoms with van der Waals surface area (Å²) in [5.41, 5.74) is 2.27. The fraction of sp³-hybridized carbons (Fsp3) is 0.231. The van der Waals surface area contributed by atoms with Crippen LogP contribution in [0.25, 0.3) is 0 Å². The van der Waals surface area contributed by atoms with Crippen molar-refractivity contribution in [3.8, 4) is 0 Å². The average Bonchev–Trinajstić information content (AvgIpc) is 2.74. The largest absolute Gasteiger partial charge is 0.380 e. The third-order valence-electron chi connectivity index (χ3n) is 2.33. The van der Waals surface area contributed by atoms with Gasteiger partial charge < -0.3 is 10.1 Å². The molecule has 0 spiro atoms. The molecule has 0 aliphatic carbocycles. The minimum absolute atomic E-state index is 0.639. The van der Waals surface area contributed by atoms with Crippen molar-refractivity contribution in [1.29, 1.82) is 0 Å². The number of nitrogens with one attached hydrogen (secondary N) is 1. The van der Waals surface area contributed by atoms with Gasteiger partial charge in [0.05, 0.1) is 10.9 Å². The van der Waals surface area contributed by atoms with Gasteiger partial charge in [-0.15, -0.1) is 11.3 Å². The van der Waals surface area contributed by atoms with Crippen LogP contribution in [-0.2, 0) is 17.9 Å². The molecule has 1 aromatic carbocycles. The molecule has 0 aliphatic heterocycles. The summed E-state index contributed by atoms with van der Waals surface area (Å²) in [4.78, 5) is 1.23. The molecule has 17 heavy (non-hydrogen) atoms. The summed E-state index contributed by atoms with van der Waals surface area (Å²) >= 11 is 7.48. The molecule has 0 saturated carbocycles. The first-order chi connectivity index (χ1) is 8.28. The number of hydrogen-bond donors (Lipinski definition) is 1. The summed E-state index contributed by atoms with van der Waals surface area (Å²) < 4.78 is 5.93. The zero-order chi connectivity index (χ0) is 12.1. The summed E-state index contributed by atoms with van der Waals surface area (Å²) in [5.74, 6) is 0. The van der Waals surface area contributed by atoms with Gasteiger partial charge in [0.15, 0.2) is 0 Å². The molecular formula is C13H14ClNOS. The molecule has 0 unspecified atom stereocenters. The Labute approximate surface area is 110 Å².